The molecular formula is C13H17Cl2NO. The van der Waals surface area contributed by atoms with Crippen LogP contribution in [0.5, 0.6) is 0 Å². The molecule has 1 fully saturated rings. The number of benzene rings is 1. The monoisotopic (exact) mass is 273 g/mol. The van der Waals surface area contributed by atoms with Crippen LogP contribution in [0.3, 0.4) is 0 Å². The molecule has 0 saturated carbocycles. The molecule has 1 aliphatic rings. The molecule has 94 valence electrons. The fourth-order valence-electron chi connectivity index (χ4n) is 2.27. The van der Waals surface area contributed by atoms with Gasteiger partial charge in [-0.15, -0.1) is 0 Å². The predicted molar refractivity (Wildman–Crippen MR) is 71.8 cm³/mol. The lowest BCUT2D eigenvalue weighted by atomic mass is 9.95. The van der Waals surface area contributed by atoms with Crippen LogP contribution in [0.4, 0.5) is 0 Å². The number of hydrogen-bond acceptors (Lipinski definition) is 2. The maximum absolute atomic E-state index is 6.22. The molecule has 4 heteroatoms. The van der Waals surface area contributed by atoms with E-state index in [2.05, 4.69) is 12.2 Å². The van der Waals surface area contributed by atoms with Crippen LogP contribution in [-0.4, -0.2) is 19.7 Å². The van der Waals surface area contributed by atoms with Gasteiger partial charge in [-0.1, -0.05) is 36.2 Å². The second-order valence-corrected chi connectivity index (χ2v) is 5.10. The summed E-state index contributed by atoms with van der Waals surface area (Å²) in [7, 11) is 0. The highest BCUT2D eigenvalue weighted by molar-refractivity contribution is 6.36. The zero-order chi connectivity index (χ0) is 12.3. The van der Waals surface area contributed by atoms with E-state index in [1.807, 2.05) is 18.2 Å². The molecule has 0 amide bonds. The molecule has 1 saturated heterocycles. The average Bonchev–Trinajstić information content (AvgIpc) is 2.74. The Morgan fingerprint density at radius 1 is 1.35 bits per heavy atom. The number of rotatable bonds is 4. The normalized spacial score (nSPS) is 24.2. The van der Waals surface area contributed by atoms with Crippen LogP contribution >= 0.6 is 23.2 Å². The first-order chi connectivity index (χ1) is 8.24. The molecule has 2 atom stereocenters. The number of nitrogens with one attached hydrogen (secondary N) is 1. The van der Waals surface area contributed by atoms with E-state index < -0.39 is 0 Å². The number of ether oxygens (including phenoxy) is 1. The van der Waals surface area contributed by atoms with Gasteiger partial charge in [0.15, 0.2) is 0 Å². The molecule has 1 heterocycles. The quantitative estimate of drug-likeness (QED) is 0.904. The van der Waals surface area contributed by atoms with Crippen LogP contribution in [0.15, 0.2) is 18.2 Å². The van der Waals surface area contributed by atoms with E-state index in [0.717, 1.165) is 31.7 Å². The van der Waals surface area contributed by atoms with E-state index in [4.69, 9.17) is 27.9 Å². The van der Waals surface area contributed by atoms with Gasteiger partial charge < -0.3 is 10.1 Å². The third kappa shape index (κ3) is 2.94. The molecule has 0 bridgehead atoms. The van der Waals surface area contributed by atoms with Crippen LogP contribution in [0.2, 0.25) is 10.0 Å². The smallest absolute Gasteiger partial charge is 0.0894 e. The average molecular weight is 274 g/mol. The molecule has 1 aromatic rings. The second kappa shape index (κ2) is 6.05. The SMILES string of the molecule is CCNCC1CCOC1c1c(Cl)cccc1Cl. The Hall–Kier alpha value is -0.280. The Morgan fingerprint density at radius 2 is 2.06 bits per heavy atom. The third-order valence-corrected chi connectivity index (χ3v) is 3.81. The van der Waals surface area contributed by atoms with E-state index in [1.165, 1.54) is 0 Å². The molecule has 2 unspecified atom stereocenters. The molecule has 0 aliphatic carbocycles. The first-order valence-corrected chi connectivity index (χ1v) is 6.76. The summed E-state index contributed by atoms with van der Waals surface area (Å²) in [5.74, 6) is 0.451. The first kappa shape index (κ1) is 13.2. The maximum atomic E-state index is 6.22. The Labute approximate surface area is 112 Å². The van der Waals surface area contributed by atoms with Crippen molar-refractivity contribution in [3.63, 3.8) is 0 Å². The van der Waals surface area contributed by atoms with Gasteiger partial charge in [0.1, 0.15) is 0 Å². The summed E-state index contributed by atoms with van der Waals surface area (Å²) in [5.41, 5.74) is 0.941. The van der Waals surface area contributed by atoms with Crippen molar-refractivity contribution in [2.24, 2.45) is 5.92 Å². The van der Waals surface area contributed by atoms with Crippen molar-refractivity contribution in [2.45, 2.75) is 19.4 Å². The first-order valence-electron chi connectivity index (χ1n) is 6.00. The Kier molecular flexibility index (Phi) is 4.69. The van der Waals surface area contributed by atoms with Crippen molar-refractivity contribution >= 4 is 23.2 Å². The van der Waals surface area contributed by atoms with Crippen LogP contribution < -0.4 is 5.32 Å². The van der Waals surface area contributed by atoms with E-state index in [9.17, 15) is 0 Å². The molecule has 0 spiro atoms. The van der Waals surface area contributed by atoms with Crippen molar-refractivity contribution in [2.75, 3.05) is 19.7 Å². The van der Waals surface area contributed by atoms with Gasteiger partial charge in [0.25, 0.3) is 0 Å². The third-order valence-electron chi connectivity index (χ3n) is 3.15. The van der Waals surface area contributed by atoms with Crippen molar-refractivity contribution in [1.82, 2.24) is 5.32 Å². The summed E-state index contributed by atoms with van der Waals surface area (Å²) in [6.07, 6.45) is 1.08. The Morgan fingerprint density at radius 3 is 2.71 bits per heavy atom. The van der Waals surface area contributed by atoms with Gasteiger partial charge in [-0.3, -0.25) is 0 Å². The van der Waals surface area contributed by atoms with Gasteiger partial charge in [-0.25, -0.2) is 0 Å². The minimum absolute atomic E-state index is 0.0234. The van der Waals surface area contributed by atoms with Crippen LogP contribution in [0, 0.1) is 5.92 Å². The summed E-state index contributed by atoms with van der Waals surface area (Å²) in [5, 5.41) is 4.76. The minimum Gasteiger partial charge on any atom is -0.373 e. The van der Waals surface area contributed by atoms with Gasteiger partial charge in [-0.05, 0) is 25.1 Å². The van der Waals surface area contributed by atoms with Crippen LogP contribution in [-0.2, 0) is 4.74 Å². The highest BCUT2D eigenvalue weighted by Crippen LogP contribution is 2.41. The van der Waals surface area contributed by atoms with Crippen LogP contribution in [0.25, 0.3) is 0 Å². The highest BCUT2D eigenvalue weighted by atomic mass is 35.5. The Balaban J connectivity index is 2.20. The summed E-state index contributed by atoms with van der Waals surface area (Å²) in [4.78, 5) is 0. The summed E-state index contributed by atoms with van der Waals surface area (Å²) in [6.45, 7) is 4.80. The lowest BCUT2D eigenvalue weighted by molar-refractivity contribution is 0.0908. The predicted octanol–water partition coefficient (Wildman–Crippen LogP) is 3.68. The maximum Gasteiger partial charge on any atom is 0.0894 e. The fraction of sp³-hybridized carbons (Fsp3) is 0.538. The van der Waals surface area contributed by atoms with Gasteiger partial charge in [0, 0.05) is 34.7 Å². The van der Waals surface area contributed by atoms with E-state index in [0.29, 0.717) is 16.0 Å². The van der Waals surface area contributed by atoms with Gasteiger partial charge in [0.2, 0.25) is 0 Å². The largest absolute Gasteiger partial charge is 0.373 e. The summed E-state index contributed by atoms with van der Waals surface area (Å²) >= 11 is 12.4. The summed E-state index contributed by atoms with van der Waals surface area (Å²) in [6, 6.07) is 5.60. The molecular weight excluding hydrogens is 257 g/mol. The number of halogens is 2. The van der Waals surface area contributed by atoms with Crippen molar-refractivity contribution in [3.05, 3.63) is 33.8 Å². The molecule has 1 N–H and O–H groups in total. The lowest BCUT2D eigenvalue weighted by Crippen LogP contribution is -2.24. The number of hydrogen-bond donors (Lipinski definition) is 1. The second-order valence-electron chi connectivity index (χ2n) is 4.28. The summed E-state index contributed by atoms with van der Waals surface area (Å²) < 4.78 is 5.80. The highest BCUT2D eigenvalue weighted by Gasteiger charge is 2.32. The van der Waals surface area contributed by atoms with Gasteiger partial charge in [0.05, 0.1) is 6.10 Å². The van der Waals surface area contributed by atoms with Crippen LogP contribution in [0.1, 0.15) is 25.0 Å². The van der Waals surface area contributed by atoms with Gasteiger partial charge in [-0.2, -0.15) is 0 Å². The van der Waals surface area contributed by atoms with Crippen molar-refractivity contribution in [3.8, 4) is 0 Å². The topological polar surface area (TPSA) is 21.3 Å². The molecule has 1 aromatic carbocycles. The fourth-order valence-corrected chi connectivity index (χ4v) is 2.89. The molecule has 2 nitrogen and oxygen atoms in total. The molecule has 1 aliphatic heterocycles. The zero-order valence-corrected chi connectivity index (χ0v) is 11.4. The lowest BCUT2D eigenvalue weighted by Gasteiger charge is -2.21. The standard InChI is InChI=1S/C13H17Cl2NO/c1-2-16-8-9-6-7-17-13(9)12-10(14)4-3-5-11(12)15/h3-5,9,13,16H,2,6-8H2,1H3. The molecule has 0 radical (unpaired) electrons. The molecule has 2 rings (SSSR count). The minimum atomic E-state index is 0.0234. The Bertz CT molecular complexity index is 363. The van der Waals surface area contributed by atoms with E-state index in [1.54, 1.807) is 0 Å². The molecule has 17 heavy (non-hydrogen) atoms. The van der Waals surface area contributed by atoms with Crippen molar-refractivity contribution < 1.29 is 4.74 Å². The van der Waals surface area contributed by atoms with Crippen molar-refractivity contribution in [1.29, 1.82) is 0 Å². The zero-order valence-electron chi connectivity index (χ0n) is 9.88. The van der Waals surface area contributed by atoms with E-state index in [-0.39, 0.29) is 6.10 Å². The molecule has 0 aromatic heterocycles. The van der Waals surface area contributed by atoms with E-state index >= 15 is 0 Å². The van der Waals surface area contributed by atoms with Gasteiger partial charge >= 0.3 is 0 Å².